The van der Waals surface area contributed by atoms with Crippen LogP contribution in [0.2, 0.25) is 5.15 Å². The molecule has 2 bridgehead atoms. The highest BCUT2D eigenvalue weighted by Gasteiger charge is 2.22. The molecular weight excluding hydrogens is 418 g/mol. The molecule has 1 unspecified atom stereocenters. The summed E-state index contributed by atoms with van der Waals surface area (Å²) in [5.74, 6) is 0.904. The van der Waals surface area contributed by atoms with Gasteiger partial charge in [0.2, 0.25) is 5.88 Å². The number of fused-ring (bicyclic) bond motifs is 3. The molecular formula is C22H30ClN5O3. The summed E-state index contributed by atoms with van der Waals surface area (Å²) in [6.07, 6.45) is 6.61. The Morgan fingerprint density at radius 2 is 2.00 bits per heavy atom. The first-order chi connectivity index (χ1) is 15.0. The van der Waals surface area contributed by atoms with Crippen molar-refractivity contribution in [2.75, 3.05) is 36.9 Å². The van der Waals surface area contributed by atoms with Crippen LogP contribution in [0.4, 0.5) is 11.5 Å². The molecule has 1 aliphatic rings. The Bertz CT molecular complexity index is 895. The van der Waals surface area contributed by atoms with Crippen LogP contribution in [0.15, 0.2) is 24.4 Å². The van der Waals surface area contributed by atoms with E-state index in [1.54, 1.807) is 12.3 Å². The molecule has 0 aliphatic carbocycles. The van der Waals surface area contributed by atoms with Gasteiger partial charge in [0.15, 0.2) is 0 Å². The fourth-order valence-electron chi connectivity index (χ4n) is 3.79. The number of hydrogen-bond donors (Lipinski definition) is 4. The second kappa shape index (κ2) is 11.3. The highest BCUT2D eigenvalue weighted by atomic mass is 35.5. The van der Waals surface area contributed by atoms with Crippen molar-refractivity contribution >= 4 is 28.8 Å². The van der Waals surface area contributed by atoms with Gasteiger partial charge in [-0.1, -0.05) is 24.4 Å². The lowest BCUT2D eigenvalue weighted by Crippen LogP contribution is -2.28. The molecule has 3 rings (SSSR count). The number of nitrogens with zero attached hydrogens (tertiary/aromatic N) is 3. The number of hydrogen-bond acceptors (Lipinski definition) is 8. The zero-order chi connectivity index (χ0) is 22.2. The van der Waals surface area contributed by atoms with Crippen LogP contribution in [0.5, 0.6) is 5.88 Å². The normalized spacial score (nSPS) is 18.0. The predicted molar refractivity (Wildman–Crippen MR) is 122 cm³/mol. The number of pyridine rings is 2. The van der Waals surface area contributed by atoms with Crippen LogP contribution in [-0.2, 0) is 0 Å². The van der Waals surface area contributed by atoms with Crippen LogP contribution < -0.4 is 15.4 Å². The zero-order valence-electron chi connectivity index (χ0n) is 17.6. The first kappa shape index (κ1) is 23.2. The van der Waals surface area contributed by atoms with Gasteiger partial charge in [-0.25, -0.2) is 9.97 Å². The fourth-order valence-corrected chi connectivity index (χ4v) is 3.99. The predicted octanol–water partition coefficient (Wildman–Crippen LogP) is 3.02. The molecule has 8 nitrogen and oxygen atoms in total. The van der Waals surface area contributed by atoms with Gasteiger partial charge < -0.3 is 25.6 Å². The summed E-state index contributed by atoms with van der Waals surface area (Å²) in [5, 5.41) is 28.0. The van der Waals surface area contributed by atoms with Gasteiger partial charge in [0.05, 0.1) is 17.9 Å². The van der Waals surface area contributed by atoms with Crippen molar-refractivity contribution in [2.24, 2.45) is 0 Å². The number of halogens is 1. The van der Waals surface area contributed by atoms with E-state index in [2.05, 4.69) is 9.97 Å². The van der Waals surface area contributed by atoms with Crippen LogP contribution in [0.3, 0.4) is 0 Å². The van der Waals surface area contributed by atoms with Crippen molar-refractivity contribution in [2.45, 2.75) is 44.6 Å². The smallest absolute Gasteiger partial charge is 0.226 e. The number of nitrogens with two attached hydrogens (primary N) is 1. The number of anilines is 2. The monoisotopic (exact) mass is 447 g/mol. The van der Waals surface area contributed by atoms with Crippen molar-refractivity contribution in [3.05, 3.63) is 40.7 Å². The highest BCUT2D eigenvalue weighted by molar-refractivity contribution is 6.30. The first-order valence-electron chi connectivity index (χ1n) is 10.7. The van der Waals surface area contributed by atoms with Gasteiger partial charge in [0.1, 0.15) is 17.1 Å². The van der Waals surface area contributed by atoms with E-state index in [0.717, 1.165) is 38.6 Å². The number of aromatic nitrogens is 2. The molecule has 0 aromatic carbocycles. The minimum absolute atomic E-state index is 0.00265. The fraction of sp³-hybridized carbons (Fsp3) is 0.500. The maximum atomic E-state index is 9.50. The van der Waals surface area contributed by atoms with Gasteiger partial charge in [-0.3, -0.25) is 5.41 Å². The first-order valence-corrected chi connectivity index (χ1v) is 11.1. The molecule has 0 fully saturated rings. The molecule has 3 heterocycles. The molecule has 0 radical (unpaired) electrons. The van der Waals surface area contributed by atoms with Gasteiger partial charge >= 0.3 is 0 Å². The molecule has 2 aromatic heterocycles. The summed E-state index contributed by atoms with van der Waals surface area (Å²) in [4.78, 5) is 10.8. The third-order valence-corrected chi connectivity index (χ3v) is 5.59. The van der Waals surface area contributed by atoms with E-state index in [0.29, 0.717) is 35.6 Å². The minimum Gasteiger partial charge on any atom is -0.474 e. The number of aliphatic hydroxyl groups is 2. The molecule has 31 heavy (non-hydrogen) atoms. The molecule has 9 heteroatoms. The van der Waals surface area contributed by atoms with Crippen LogP contribution >= 0.6 is 11.6 Å². The third-order valence-electron chi connectivity index (χ3n) is 5.40. The Labute approximate surface area is 187 Å². The maximum Gasteiger partial charge on any atom is 0.226 e. The summed E-state index contributed by atoms with van der Waals surface area (Å²) in [5.41, 5.74) is 7.68. The summed E-state index contributed by atoms with van der Waals surface area (Å²) < 4.78 is 6.14. The second-order valence-electron chi connectivity index (χ2n) is 7.66. The molecule has 0 saturated heterocycles. The van der Waals surface area contributed by atoms with Crippen LogP contribution in [0.25, 0.3) is 0 Å². The largest absolute Gasteiger partial charge is 0.474 e. The van der Waals surface area contributed by atoms with Gasteiger partial charge in [0.25, 0.3) is 0 Å². The van der Waals surface area contributed by atoms with Crippen molar-refractivity contribution in [1.29, 1.82) is 5.41 Å². The van der Waals surface area contributed by atoms with Gasteiger partial charge in [-0.05, 0) is 37.5 Å². The highest BCUT2D eigenvalue weighted by Crippen LogP contribution is 2.31. The van der Waals surface area contributed by atoms with E-state index in [4.69, 9.17) is 27.5 Å². The van der Waals surface area contributed by atoms with E-state index < -0.39 is 0 Å². The Morgan fingerprint density at radius 1 is 1.19 bits per heavy atom. The summed E-state index contributed by atoms with van der Waals surface area (Å²) in [7, 11) is 0. The molecule has 168 valence electrons. The van der Waals surface area contributed by atoms with Crippen molar-refractivity contribution in [3.8, 4) is 5.88 Å². The third kappa shape index (κ3) is 6.06. The molecule has 0 amide bonds. The number of rotatable bonds is 4. The lowest BCUT2D eigenvalue weighted by molar-refractivity contribution is 0.138. The van der Waals surface area contributed by atoms with Crippen LogP contribution in [0, 0.1) is 5.41 Å². The molecule has 5 N–H and O–H groups in total. The lowest BCUT2D eigenvalue weighted by atomic mass is 10.0. The Morgan fingerprint density at radius 3 is 2.77 bits per heavy atom. The summed E-state index contributed by atoms with van der Waals surface area (Å²) in [6, 6.07) is 5.07. The zero-order valence-corrected chi connectivity index (χ0v) is 18.3. The van der Waals surface area contributed by atoms with E-state index in [9.17, 15) is 10.2 Å². The number of β-amino-alcohol motifs (C(OH)–C–C–N with tert-alkyl or cyclic N) is 1. The van der Waals surface area contributed by atoms with Crippen LogP contribution in [0.1, 0.15) is 49.7 Å². The van der Waals surface area contributed by atoms with Crippen molar-refractivity contribution in [1.82, 2.24) is 9.97 Å². The Balaban J connectivity index is 2.05. The number of nitrogens with one attached hydrogen (secondary N) is 1. The SMILES string of the molecule is N=C1c2ccnc(c2)N(CCO)CCCCCCC(CCO)Oc2nc(Cl)cc(N)c21. The van der Waals surface area contributed by atoms with Gasteiger partial charge in [0, 0.05) is 43.6 Å². The van der Waals surface area contributed by atoms with E-state index in [-0.39, 0.29) is 36.1 Å². The number of aliphatic hydroxyl groups excluding tert-OH is 2. The average molecular weight is 448 g/mol. The lowest BCUT2D eigenvalue weighted by Gasteiger charge is -2.23. The van der Waals surface area contributed by atoms with E-state index in [1.165, 1.54) is 6.07 Å². The average Bonchev–Trinajstić information content (AvgIpc) is 2.74. The Hall–Kier alpha value is -2.42. The molecule has 2 aromatic rings. The topological polar surface area (TPSA) is 129 Å². The Kier molecular flexibility index (Phi) is 8.45. The summed E-state index contributed by atoms with van der Waals surface area (Å²) >= 11 is 6.14. The van der Waals surface area contributed by atoms with E-state index in [1.807, 2.05) is 11.0 Å². The van der Waals surface area contributed by atoms with Gasteiger partial charge in [-0.15, -0.1) is 0 Å². The minimum atomic E-state index is -0.245. The maximum absolute atomic E-state index is 9.50. The number of nitrogen functional groups attached to an aromatic ring is 1. The van der Waals surface area contributed by atoms with E-state index >= 15 is 0 Å². The molecule has 0 saturated carbocycles. The second-order valence-corrected chi connectivity index (χ2v) is 8.05. The van der Waals surface area contributed by atoms with Crippen molar-refractivity contribution in [3.63, 3.8) is 0 Å². The molecule has 0 spiro atoms. The molecule has 1 atom stereocenters. The number of ether oxygens (including phenoxy) is 1. The van der Waals surface area contributed by atoms with Crippen LogP contribution in [-0.4, -0.2) is 58.3 Å². The standard InChI is InChI=1S/C22H30ClN5O3/c23-18-14-17(24)20-21(25)15-6-8-26-19(13-15)28(10-12-30)9-4-2-1-3-5-16(7-11-29)31-22(20)27-18/h6,8,13-14,16,25,29-30H,1-5,7,9-12H2,(H2,24,27). The van der Waals surface area contributed by atoms with Gasteiger partial charge in [-0.2, -0.15) is 0 Å². The quantitative estimate of drug-likeness (QED) is 0.530. The van der Waals surface area contributed by atoms with Crippen molar-refractivity contribution < 1.29 is 14.9 Å². The summed E-state index contributed by atoms with van der Waals surface area (Å²) in [6.45, 7) is 1.27. The molecule has 1 aliphatic heterocycles.